The Morgan fingerprint density at radius 1 is 0.615 bits per heavy atom. The molecule has 2 rings (SSSR count). The molecule has 0 unspecified atom stereocenters. The lowest BCUT2D eigenvalue weighted by atomic mass is 10.2. The fourth-order valence-corrected chi connectivity index (χ4v) is 3.22. The fourth-order valence-electron chi connectivity index (χ4n) is 2.40. The third-order valence-electron chi connectivity index (χ3n) is 4.82. The van der Waals surface area contributed by atoms with Crippen molar-refractivity contribution in [3.8, 4) is 0 Å². The summed E-state index contributed by atoms with van der Waals surface area (Å²) in [4.78, 5) is 0. The Bertz CT molecular complexity index is 622. The molecule has 0 spiro atoms. The van der Waals surface area contributed by atoms with Gasteiger partial charge in [0, 0.05) is 20.1 Å². The van der Waals surface area contributed by atoms with Crippen LogP contribution in [0.3, 0.4) is 0 Å². The van der Waals surface area contributed by atoms with Crippen molar-refractivity contribution in [2.24, 2.45) is 0 Å². The standard InChI is InChI=1S/2C11H17BrN/c2*1-4-13(2,3)9-10-7-5-6-8-11(10)12/h2*5-8H,4,9H2,1-3H3/q2*+1. The van der Waals surface area contributed by atoms with Crippen LogP contribution in [0.4, 0.5) is 0 Å². The number of hydrogen-bond donors (Lipinski definition) is 0. The van der Waals surface area contributed by atoms with Crippen LogP contribution in [0.5, 0.6) is 0 Å². The van der Waals surface area contributed by atoms with Gasteiger partial charge in [-0.15, -0.1) is 0 Å². The number of benzene rings is 2. The maximum atomic E-state index is 3.57. The largest absolute Gasteiger partial charge is 0.325 e. The summed E-state index contributed by atoms with van der Waals surface area (Å²) < 4.78 is 4.50. The van der Waals surface area contributed by atoms with E-state index in [9.17, 15) is 0 Å². The minimum atomic E-state index is 1.03. The van der Waals surface area contributed by atoms with Gasteiger partial charge in [0.15, 0.2) is 0 Å². The fraction of sp³-hybridized carbons (Fsp3) is 0.455. The quantitative estimate of drug-likeness (QED) is 0.434. The predicted octanol–water partition coefficient (Wildman–Crippen LogP) is 6.09. The molecule has 0 saturated heterocycles. The van der Waals surface area contributed by atoms with E-state index < -0.39 is 0 Å². The van der Waals surface area contributed by atoms with Crippen LogP contribution in [0.1, 0.15) is 25.0 Å². The van der Waals surface area contributed by atoms with Gasteiger partial charge in [-0.1, -0.05) is 68.3 Å². The first kappa shape index (κ1) is 23.4. The van der Waals surface area contributed by atoms with Crippen LogP contribution in [0.2, 0.25) is 0 Å². The lowest BCUT2D eigenvalue weighted by Gasteiger charge is -2.28. The summed E-state index contributed by atoms with van der Waals surface area (Å²) >= 11 is 7.14. The van der Waals surface area contributed by atoms with E-state index in [0.29, 0.717) is 0 Å². The molecule has 0 bridgehead atoms. The van der Waals surface area contributed by atoms with Gasteiger partial charge in [0.05, 0.1) is 41.3 Å². The van der Waals surface area contributed by atoms with Crippen molar-refractivity contribution in [2.45, 2.75) is 26.9 Å². The smallest absolute Gasteiger partial charge is 0.105 e. The molecule has 0 atom stereocenters. The third kappa shape index (κ3) is 8.34. The van der Waals surface area contributed by atoms with Crippen molar-refractivity contribution in [3.05, 3.63) is 68.6 Å². The molecule has 0 aliphatic rings. The molecular formula is C22H34Br2N2+2. The molecule has 0 saturated carbocycles. The minimum absolute atomic E-state index is 1.03. The zero-order valence-electron chi connectivity index (χ0n) is 17.1. The second-order valence-electron chi connectivity index (χ2n) is 8.00. The summed E-state index contributed by atoms with van der Waals surface area (Å²) in [6.45, 7) is 8.91. The van der Waals surface area contributed by atoms with E-state index in [1.165, 1.54) is 20.1 Å². The lowest BCUT2D eigenvalue weighted by molar-refractivity contribution is -0.901. The Hall–Kier alpha value is -0.680. The molecule has 2 aromatic carbocycles. The van der Waals surface area contributed by atoms with Gasteiger partial charge in [0.1, 0.15) is 13.1 Å². The highest BCUT2D eigenvalue weighted by Crippen LogP contribution is 2.20. The van der Waals surface area contributed by atoms with Crippen LogP contribution in [0, 0.1) is 0 Å². The number of hydrogen-bond acceptors (Lipinski definition) is 0. The van der Waals surface area contributed by atoms with Gasteiger partial charge in [0.25, 0.3) is 0 Å². The van der Waals surface area contributed by atoms with E-state index in [-0.39, 0.29) is 0 Å². The first-order valence-corrected chi connectivity index (χ1v) is 10.8. The average Bonchev–Trinajstić information content (AvgIpc) is 2.59. The molecule has 0 aliphatic carbocycles. The average molecular weight is 486 g/mol. The topological polar surface area (TPSA) is 0 Å². The minimum Gasteiger partial charge on any atom is -0.325 e. The summed E-state index contributed by atoms with van der Waals surface area (Å²) in [5.74, 6) is 0. The van der Waals surface area contributed by atoms with Crippen LogP contribution in [-0.2, 0) is 13.1 Å². The van der Waals surface area contributed by atoms with Crippen molar-refractivity contribution >= 4 is 31.9 Å². The van der Waals surface area contributed by atoms with Crippen LogP contribution < -0.4 is 0 Å². The molecule has 0 fully saturated rings. The number of rotatable bonds is 6. The summed E-state index contributed by atoms with van der Waals surface area (Å²) in [6, 6.07) is 16.9. The van der Waals surface area contributed by atoms with Crippen molar-refractivity contribution < 1.29 is 8.97 Å². The van der Waals surface area contributed by atoms with E-state index >= 15 is 0 Å². The number of quaternary nitrogens is 2. The zero-order valence-corrected chi connectivity index (χ0v) is 20.3. The highest BCUT2D eigenvalue weighted by molar-refractivity contribution is 9.10. The van der Waals surface area contributed by atoms with Gasteiger partial charge in [-0.3, -0.25) is 0 Å². The predicted molar refractivity (Wildman–Crippen MR) is 121 cm³/mol. The van der Waals surface area contributed by atoms with E-state index in [0.717, 1.165) is 35.1 Å². The summed E-state index contributed by atoms with van der Waals surface area (Å²) in [6.07, 6.45) is 0. The summed E-state index contributed by atoms with van der Waals surface area (Å²) in [5, 5.41) is 0. The van der Waals surface area contributed by atoms with E-state index in [4.69, 9.17) is 0 Å². The maximum Gasteiger partial charge on any atom is 0.105 e. The first-order valence-electron chi connectivity index (χ1n) is 9.21. The molecular weight excluding hydrogens is 452 g/mol. The van der Waals surface area contributed by atoms with Gasteiger partial charge >= 0.3 is 0 Å². The van der Waals surface area contributed by atoms with E-state index in [1.54, 1.807) is 0 Å². The van der Waals surface area contributed by atoms with E-state index in [1.807, 2.05) is 0 Å². The van der Waals surface area contributed by atoms with Crippen LogP contribution in [0.25, 0.3) is 0 Å². The zero-order chi connectivity index (χ0) is 19.8. The Labute approximate surface area is 177 Å². The Balaban J connectivity index is 0.000000260. The SMILES string of the molecule is CC[N+](C)(C)Cc1ccccc1Br.CC[N+](C)(C)Cc1ccccc1Br. The molecule has 2 nitrogen and oxygen atoms in total. The molecule has 0 aliphatic heterocycles. The molecule has 0 heterocycles. The number of nitrogens with zero attached hydrogens (tertiary/aromatic N) is 2. The van der Waals surface area contributed by atoms with Gasteiger partial charge in [-0.05, 0) is 26.0 Å². The molecule has 0 aromatic heterocycles. The highest BCUT2D eigenvalue weighted by Gasteiger charge is 2.14. The van der Waals surface area contributed by atoms with Gasteiger partial charge in [-0.25, -0.2) is 0 Å². The molecule has 144 valence electrons. The first-order chi connectivity index (χ1) is 12.1. The molecule has 26 heavy (non-hydrogen) atoms. The van der Waals surface area contributed by atoms with E-state index in [2.05, 4.69) is 122 Å². The second-order valence-corrected chi connectivity index (χ2v) is 9.71. The molecule has 0 N–H and O–H groups in total. The van der Waals surface area contributed by atoms with Crippen LogP contribution >= 0.6 is 31.9 Å². The highest BCUT2D eigenvalue weighted by atomic mass is 79.9. The Morgan fingerprint density at radius 3 is 1.19 bits per heavy atom. The van der Waals surface area contributed by atoms with Crippen LogP contribution in [0.15, 0.2) is 57.5 Å². The van der Waals surface area contributed by atoms with Crippen molar-refractivity contribution in [1.82, 2.24) is 0 Å². The van der Waals surface area contributed by atoms with Crippen LogP contribution in [-0.4, -0.2) is 50.2 Å². The van der Waals surface area contributed by atoms with Gasteiger partial charge < -0.3 is 8.97 Å². The second kappa shape index (κ2) is 10.6. The summed E-state index contributed by atoms with van der Waals surface area (Å²) in [5.41, 5.74) is 2.77. The van der Waals surface area contributed by atoms with Gasteiger partial charge in [0.2, 0.25) is 0 Å². The third-order valence-corrected chi connectivity index (χ3v) is 6.37. The molecule has 0 amide bonds. The summed E-state index contributed by atoms with van der Waals surface area (Å²) in [7, 11) is 9.00. The Morgan fingerprint density at radius 2 is 0.923 bits per heavy atom. The maximum absolute atomic E-state index is 3.57. The van der Waals surface area contributed by atoms with Crippen molar-refractivity contribution in [1.29, 1.82) is 0 Å². The van der Waals surface area contributed by atoms with Crippen molar-refractivity contribution in [2.75, 3.05) is 41.3 Å². The lowest BCUT2D eigenvalue weighted by Crippen LogP contribution is -2.38. The Kier molecular flexibility index (Phi) is 9.53. The monoisotopic (exact) mass is 484 g/mol. The number of halogens is 2. The molecule has 4 heteroatoms. The van der Waals surface area contributed by atoms with Gasteiger partial charge in [-0.2, -0.15) is 0 Å². The molecule has 2 aromatic rings. The normalized spacial score (nSPS) is 11.7. The van der Waals surface area contributed by atoms with Crippen molar-refractivity contribution in [3.63, 3.8) is 0 Å². The molecule has 0 radical (unpaired) electrons.